The van der Waals surface area contributed by atoms with Gasteiger partial charge in [0.25, 0.3) is 0 Å². The number of nitrogens with zero attached hydrogens (tertiary/aromatic N) is 4. The van der Waals surface area contributed by atoms with Crippen molar-refractivity contribution in [3.63, 3.8) is 0 Å². The predicted molar refractivity (Wildman–Crippen MR) is 283 cm³/mol. The number of fused-ring (bicyclic) bond motifs is 7. The summed E-state index contributed by atoms with van der Waals surface area (Å²) >= 11 is 0. The molecule has 12 rings (SSSR count). The minimum absolute atomic E-state index is 0.0499. The van der Waals surface area contributed by atoms with Crippen LogP contribution < -0.4 is 0 Å². The summed E-state index contributed by atoms with van der Waals surface area (Å²) in [5.41, 5.74) is 18.8. The van der Waals surface area contributed by atoms with Gasteiger partial charge in [0.2, 0.25) is 0 Å². The van der Waals surface area contributed by atoms with Crippen LogP contribution in [-0.4, -0.2) is 23.9 Å². The number of aromatic hydroxyl groups is 1. The third-order valence-corrected chi connectivity index (χ3v) is 14.3. The maximum absolute atomic E-state index is 12.2. The molecule has 0 saturated heterocycles. The van der Waals surface area contributed by atoms with Gasteiger partial charge in [-0.3, -0.25) is 9.38 Å². The van der Waals surface area contributed by atoms with E-state index in [1.54, 1.807) is 0 Å². The number of phenols is 1. The first-order chi connectivity index (χ1) is 32.7. The summed E-state index contributed by atoms with van der Waals surface area (Å²) in [5.74, 6) is -1.65. The maximum Gasteiger partial charge on any atom is 0.151 e. The Hall–Kier alpha value is -7.24. The second kappa shape index (κ2) is 14.4. The van der Waals surface area contributed by atoms with Crippen molar-refractivity contribution < 1.29 is 7.85 Å². The molecule has 67 heavy (non-hydrogen) atoms. The summed E-state index contributed by atoms with van der Waals surface area (Å²) in [4.78, 5) is 10.6. The van der Waals surface area contributed by atoms with Gasteiger partial charge in [-0.2, -0.15) is 0 Å². The van der Waals surface area contributed by atoms with Gasteiger partial charge in [0.1, 0.15) is 5.75 Å². The zero-order chi connectivity index (χ0) is 48.3. The molecule has 12 aromatic rings. The van der Waals surface area contributed by atoms with Crippen molar-refractivity contribution in [2.45, 2.75) is 91.9 Å². The summed E-state index contributed by atoms with van der Waals surface area (Å²) in [6, 6.07) is 47.4. The van der Waals surface area contributed by atoms with Crippen molar-refractivity contribution in [3.05, 3.63) is 162 Å². The van der Waals surface area contributed by atoms with Crippen LogP contribution in [0, 0.1) is 0 Å². The van der Waals surface area contributed by atoms with Crippen molar-refractivity contribution in [3.8, 4) is 50.4 Å². The summed E-state index contributed by atoms with van der Waals surface area (Å²) in [7, 11) is 0. The molecule has 0 amide bonds. The molecule has 0 aliphatic carbocycles. The normalized spacial score (nSPS) is 13.7. The molecule has 5 nitrogen and oxygen atoms in total. The van der Waals surface area contributed by atoms with E-state index in [4.69, 9.17) is 9.97 Å². The third kappa shape index (κ3) is 6.06. The lowest BCUT2D eigenvalue weighted by Crippen LogP contribution is -2.12. The highest BCUT2D eigenvalue weighted by Gasteiger charge is 2.28. The lowest BCUT2D eigenvalue weighted by Gasteiger charge is -2.24. The highest BCUT2D eigenvalue weighted by molar-refractivity contribution is 6.30. The van der Waals surface area contributed by atoms with Gasteiger partial charge in [0.15, 0.2) is 5.65 Å². The molecule has 0 saturated carbocycles. The van der Waals surface area contributed by atoms with Crippen LogP contribution in [0.3, 0.4) is 0 Å². The van der Waals surface area contributed by atoms with E-state index in [1.807, 2.05) is 64.2 Å². The van der Waals surface area contributed by atoms with Crippen LogP contribution in [-0.2, 0) is 10.8 Å². The third-order valence-electron chi connectivity index (χ3n) is 14.3. The van der Waals surface area contributed by atoms with E-state index in [-0.39, 0.29) is 16.6 Å². The van der Waals surface area contributed by atoms with E-state index in [1.165, 1.54) is 16.7 Å². The van der Waals surface area contributed by atoms with Gasteiger partial charge in [-0.25, -0.2) is 4.98 Å². The molecule has 5 heterocycles. The van der Waals surface area contributed by atoms with Crippen LogP contribution in [0.1, 0.15) is 106 Å². The smallest absolute Gasteiger partial charge is 0.151 e. The van der Waals surface area contributed by atoms with Gasteiger partial charge in [-0.1, -0.05) is 136 Å². The van der Waals surface area contributed by atoms with Crippen LogP contribution in [0.25, 0.3) is 110 Å². The molecule has 0 atom stereocenters. The van der Waals surface area contributed by atoms with E-state index in [0.29, 0.717) is 11.0 Å². The van der Waals surface area contributed by atoms with Crippen molar-refractivity contribution in [2.75, 3.05) is 0 Å². The fraction of sp³-hybridized carbons (Fsp3) is 0.226. The van der Waals surface area contributed by atoms with Gasteiger partial charge < -0.3 is 9.51 Å². The lowest BCUT2D eigenvalue weighted by molar-refractivity contribution is 0.482. The van der Waals surface area contributed by atoms with Crippen molar-refractivity contribution in [1.82, 2.24) is 18.8 Å². The first kappa shape index (κ1) is 39.0. The van der Waals surface area contributed by atoms with Crippen molar-refractivity contribution >= 4 is 65.7 Å². The van der Waals surface area contributed by atoms with Crippen LogP contribution in [0.2, 0.25) is 0 Å². The Morgan fingerprint density at radius 1 is 0.537 bits per heavy atom. The molecule has 5 heteroatoms. The fourth-order valence-corrected chi connectivity index (χ4v) is 11.2. The topological polar surface area (TPSA) is 54.8 Å². The molecule has 0 aliphatic rings. The van der Waals surface area contributed by atoms with Crippen molar-refractivity contribution in [1.29, 1.82) is 0 Å². The van der Waals surface area contributed by atoms with E-state index in [2.05, 4.69) is 153 Å². The molecule has 0 bridgehead atoms. The summed E-state index contributed by atoms with van der Waals surface area (Å²) in [6.45, 7) is 21.2. The molecule has 0 fully saturated rings. The quantitative estimate of drug-likeness (QED) is 0.181. The molecule has 0 spiro atoms. The molecule has 0 aliphatic heterocycles. The molecule has 7 aromatic carbocycles. The van der Waals surface area contributed by atoms with Crippen LogP contribution >= 0.6 is 0 Å². The Labute approximate surface area is 394 Å². The van der Waals surface area contributed by atoms with Crippen LogP contribution in [0.15, 0.2) is 140 Å². The van der Waals surface area contributed by atoms with E-state index >= 15 is 0 Å². The molecule has 1 N–H and O–H groups in total. The number of pyridine rings is 1. The number of hydrogen-bond acceptors (Lipinski definition) is 3. The zero-order valence-electron chi connectivity index (χ0n) is 42.0. The summed E-state index contributed by atoms with van der Waals surface area (Å²) < 4.78 is 23.2. The predicted octanol–water partition coefficient (Wildman–Crippen LogP) is 16.8. The minimum atomic E-state index is -0.907. The SMILES string of the molecule is [2H]C(C)(C)c1cccc(C([2H])(C)C)c1-c1cc2c3ccc(O)c4c5nc6c(-c7cc(-c8cc(C(C)(C)C)ccn8)cc(-c8ccccc8C(C)(C)C)c7)cccc6n5c5cccc6c(c1)c2n(c34)c65. The molecule has 5 aromatic heterocycles. The Morgan fingerprint density at radius 2 is 1.16 bits per heavy atom. The van der Waals surface area contributed by atoms with Gasteiger partial charge in [-0.05, 0) is 139 Å². The Balaban J connectivity index is 1.18. The average Bonchev–Trinajstić information content (AvgIpc) is 3.94. The molecule has 0 radical (unpaired) electrons. The number of phenolic OH excluding ortho intramolecular Hbond substituents is 1. The Morgan fingerprint density at radius 3 is 1.87 bits per heavy atom. The lowest BCUT2D eigenvalue weighted by atomic mass is 9.81. The van der Waals surface area contributed by atoms with Gasteiger partial charge >= 0.3 is 0 Å². The fourth-order valence-electron chi connectivity index (χ4n) is 11.2. The van der Waals surface area contributed by atoms with Crippen LogP contribution in [0.5, 0.6) is 5.75 Å². The minimum Gasteiger partial charge on any atom is -0.507 e. The van der Waals surface area contributed by atoms with E-state index in [9.17, 15) is 7.85 Å². The van der Waals surface area contributed by atoms with Gasteiger partial charge in [0.05, 0.1) is 44.2 Å². The average molecular weight is 875 g/mol. The van der Waals surface area contributed by atoms with E-state index in [0.717, 1.165) is 105 Å². The zero-order valence-corrected chi connectivity index (χ0v) is 40.0. The molecule has 330 valence electrons. The Kier molecular flexibility index (Phi) is 8.36. The number of rotatable bonds is 6. The van der Waals surface area contributed by atoms with Gasteiger partial charge in [-0.15, -0.1) is 0 Å². The first-order valence-corrected chi connectivity index (χ1v) is 23.6. The molecule has 0 unspecified atom stereocenters. The number of benzene rings is 7. The highest BCUT2D eigenvalue weighted by Crippen LogP contribution is 2.49. The monoisotopic (exact) mass is 874 g/mol. The highest BCUT2D eigenvalue weighted by atomic mass is 16.3. The second-order valence-corrected chi connectivity index (χ2v) is 21.2. The van der Waals surface area contributed by atoms with Gasteiger partial charge in [0, 0.05) is 41.6 Å². The number of hydrogen-bond donors (Lipinski definition) is 1. The van der Waals surface area contributed by atoms with Crippen LogP contribution in [0.4, 0.5) is 0 Å². The largest absolute Gasteiger partial charge is 0.507 e. The van der Waals surface area contributed by atoms with E-state index < -0.39 is 11.8 Å². The standard InChI is InChI=1S/C62H56N4O/c1-34(2)41-17-13-18-42(35(3)4)54(41)39-31-47-45-20-15-23-52-58(45)66-57(47)48(32-39)46-24-25-53(67)55(59(46)66)60-64-56-44(19-14-22-51(56)65(52)60)37-28-36(43-16-11-12-21-49(43)62(8,9)10)29-38(30-37)50-33-40(26-27-63-50)61(5,6)7/h11-35,67H,1-10H3/i34D,35D. The summed E-state index contributed by atoms with van der Waals surface area (Å²) in [6.07, 6.45) is 1.93. The number of aromatic nitrogens is 4. The summed E-state index contributed by atoms with van der Waals surface area (Å²) in [5, 5.41) is 17.2. The Bertz CT molecular complexity index is 4040. The number of imidazole rings is 1. The maximum atomic E-state index is 12.2. The first-order valence-electron chi connectivity index (χ1n) is 24.6. The molecular formula is C62H56N4O. The van der Waals surface area contributed by atoms with Crippen molar-refractivity contribution in [2.24, 2.45) is 0 Å². The number of para-hydroxylation sites is 2. The molecular weight excluding hydrogens is 817 g/mol. The second-order valence-electron chi connectivity index (χ2n) is 21.2.